The third-order valence-electron chi connectivity index (χ3n) is 14.5. The molecule has 0 spiro atoms. The van der Waals surface area contributed by atoms with E-state index in [1.807, 2.05) is 0 Å². The van der Waals surface area contributed by atoms with Crippen molar-refractivity contribution in [1.29, 1.82) is 0 Å². The molecule has 0 atom stereocenters. The maximum absolute atomic E-state index is 8.32. The maximum atomic E-state index is 8.32. The van der Waals surface area contributed by atoms with Crippen LogP contribution < -0.4 is 9.92 Å². The Labute approximate surface area is 461 Å². The van der Waals surface area contributed by atoms with Crippen molar-refractivity contribution in [1.82, 2.24) is 0 Å². The number of benzene rings is 1. The highest BCUT2D eigenvalue weighted by atomic mass is 28.4. The van der Waals surface area contributed by atoms with Crippen LogP contribution in [0.4, 0.5) is 0 Å². The van der Waals surface area contributed by atoms with Gasteiger partial charge in [0.05, 0.1) is 15.2 Å². The van der Waals surface area contributed by atoms with E-state index in [-0.39, 0.29) is 13.2 Å². The molecule has 0 aromatic heterocycles. The highest BCUT2D eigenvalue weighted by Crippen LogP contribution is 2.40. The molecule has 0 saturated heterocycles. The zero-order valence-corrected chi connectivity index (χ0v) is 53.9. The van der Waals surface area contributed by atoms with E-state index in [0.29, 0.717) is 48.3 Å². The van der Waals surface area contributed by atoms with Crippen molar-refractivity contribution < 1.29 is 23.8 Å². The number of aliphatic hydroxyl groups is 2. The highest BCUT2D eigenvalue weighted by molar-refractivity contribution is 6.94. The lowest BCUT2D eigenvalue weighted by Crippen LogP contribution is -2.52. The molecule has 0 unspecified atom stereocenters. The first kappa shape index (κ1) is 78.2. The van der Waals surface area contributed by atoms with Gasteiger partial charge in [0, 0.05) is 72.3 Å². The number of unbranched alkanes of at least 4 members (excludes halogenated alkanes) is 9. The maximum Gasteiger partial charge on any atom is 0.197 e. The second-order valence-electron chi connectivity index (χ2n) is 21.4. The Morgan fingerprint density at radius 2 is 0.733 bits per heavy atom. The van der Waals surface area contributed by atoms with Crippen molar-refractivity contribution in [2.45, 2.75) is 258 Å². The van der Waals surface area contributed by atoms with Gasteiger partial charge >= 0.3 is 0 Å². The molecule has 0 bridgehead atoms. The fraction of sp³-hybridized carbons (Fsp3) is 0.891. The number of azide groups is 4. The van der Waals surface area contributed by atoms with Crippen LogP contribution >= 0.6 is 0 Å². The molecule has 1 aromatic rings. The average molecular weight is 1110 g/mol. The third kappa shape index (κ3) is 36.5. The van der Waals surface area contributed by atoms with Gasteiger partial charge in [-0.2, -0.15) is 0 Å². The van der Waals surface area contributed by atoms with E-state index in [1.54, 1.807) is 12.3 Å². The summed E-state index contributed by atoms with van der Waals surface area (Å²) in [6, 6.07) is 12.9. The molecule has 0 saturated carbocycles. The Morgan fingerprint density at radius 1 is 0.427 bits per heavy atom. The van der Waals surface area contributed by atoms with E-state index < -0.39 is 24.7 Å². The monoisotopic (exact) mass is 1110 g/mol. The fourth-order valence-corrected chi connectivity index (χ4v) is 25.1. The molecular weight excluding hydrogens is 993 g/mol. The van der Waals surface area contributed by atoms with Gasteiger partial charge in [-0.05, 0) is 131 Å². The van der Waals surface area contributed by atoms with Crippen LogP contribution in [0.1, 0.15) is 207 Å². The molecule has 1 aromatic carbocycles. The van der Waals surface area contributed by atoms with E-state index >= 15 is 0 Å². The molecule has 0 heterocycles. The Hall–Kier alpha value is -3.25. The van der Waals surface area contributed by atoms with Crippen LogP contribution in [0.2, 0.25) is 51.4 Å². The number of methoxy groups -OCH3 is 1. The van der Waals surface area contributed by atoms with Crippen LogP contribution in [0.15, 0.2) is 44.7 Å². The molecule has 1 rings (SSSR count). The van der Waals surface area contributed by atoms with Gasteiger partial charge in [0.2, 0.25) is 0 Å². The molecular formula is C55H114N12O5Si3. The van der Waals surface area contributed by atoms with Gasteiger partial charge in [-0.25, -0.2) is 0 Å². The summed E-state index contributed by atoms with van der Waals surface area (Å²) in [5.74, 6) is 0.967. The van der Waals surface area contributed by atoms with Crippen LogP contribution in [0.3, 0.4) is 0 Å². The largest absolute Gasteiger partial charge is 0.497 e. The summed E-state index contributed by atoms with van der Waals surface area (Å²) in [4.78, 5) is 10.7. The summed E-state index contributed by atoms with van der Waals surface area (Å²) in [7, 11) is -2.97. The van der Waals surface area contributed by atoms with Gasteiger partial charge in [0.15, 0.2) is 16.6 Å². The predicted molar refractivity (Wildman–Crippen MR) is 328 cm³/mol. The van der Waals surface area contributed by atoms with Crippen molar-refractivity contribution in [3.8, 4) is 5.75 Å². The van der Waals surface area contributed by atoms with E-state index in [0.717, 1.165) is 94.3 Å². The van der Waals surface area contributed by atoms with E-state index in [4.69, 9.17) is 45.9 Å². The number of nitrogens with zero attached hydrogens (tertiary/aromatic N) is 12. The van der Waals surface area contributed by atoms with Gasteiger partial charge < -0.3 is 23.8 Å². The van der Waals surface area contributed by atoms with Crippen molar-refractivity contribution in [3.05, 3.63) is 66.0 Å². The van der Waals surface area contributed by atoms with E-state index in [9.17, 15) is 0 Å². The molecule has 0 aliphatic rings. The number of hydrogen-bond donors (Lipinski definition) is 2. The van der Waals surface area contributed by atoms with Gasteiger partial charge in [0.1, 0.15) is 5.75 Å². The Kier molecular flexibility index (Phi) is 55.1. The molecule has 0 aliphatic heterocycles. The first-order chi connectivity index (χ1) is 35.8. The molecule has 75 heavy (non-hydrogen) atoms. The second kappa shape index (κ2) is 52.8. The van der Waals surface area contributed by atoms with Crippen LogP contribution in [0, 0.1) is 0 Å². The molecule has 0 fully saturated rings. The van der Waals surface area contributed by atoms with Crippen LogP contribution in [0.5, 0.6) is 5.75 Å². The number of aliphatic hydroxyl groups excluding tert-OH is 2. The predicted octanol–water partition coefficient (Wildman–Crippen LogP) is 19.2. The Bertz CT molecular complexity index is 1630. The van der Waals surface area contributed by atoms with Crippen molar-refractivity contribution in [3.63, 3.8) is 0 Å². The second-order valence-corrected chi connectivity index (χ2v) is 36.9. The molecule has 0 amide bonds. The summed E-state index contributed by atoms with van der Waals surface area (Å²) < 4.78 is 18.2. The Balaban J connectivity index is -0.000000437. The summed E-state index contributed by atoms with van der Waals surface area (Å²) in [5.41, 5.74) is 36.3. The molecule has 2 N–H and O–H groups in total. The first-order valence-electron chi connectivity index (χ1n) is 29.0. The first-order valence-corrected chi connectivity index (χ1v) is 35.9. The molecule has 20 heteroatoms. The number of rotatable bonds is 39. The fourth-order valence-electron chi connectivity index (χ4n) is 9.85. The van der Waals surface area contributed by atoms with Crippen molar-refractivity contribution in [2.24, 2.45) is 20.5 Å². The summed E-state index contributed by atoms with van der Waals surface area (Å²) in [6.45, 7) is 39.5. The standard InChI is InChI=1S/C17H30OSi.C15H33N3OSi.C14H31N3OSi.C5H11N3O.C4H9N3O/c1-7-8-13-19(14(2)3,15(4)5)17-11-9-16(18-6)10-12-17;1-6-7-13-20(14(2)3,15(4)5)19-12-10-8-9-11-17-18-16;1-6-7-12-19(13(2)3,14(4)5)18-11-9-8-10-16-17-15;6-8-7-4-2-1-3-5-9;5-7-6-3-1-2-4-8/h9-12,14-15H,7-8,13H2,1-6H3;14-15H,6-13H2,1-5H3;13-14H,6-12H2,1-5H3;9H,1-5H2;8H,1-4H2. The van der Waals surface area contributed by atoms with E-state index in [2.05, 4.69) is 168 Å². The zero-order chi connectivity index (χ0) is 57.8. The topological polar surface area (TPSA) is 263 Å². The quantitative estimate of drug-likeness (QED) is 0.0214. The van der Waals surface area contributed by atoms with Gasteiger partial charge in [-0.15, -0.1) is 0 Å². The van der Waals surface area contributed by atoms with Gasteiger partial charge in [-0.1, -0.05) is 199 Å². The zero-order valence-electron chi connectivity index (χ0n) is 50.9. The lowest BCUT2D eigenvalue weighted by Gasteiger charge is -2.40. The number of ether oxygens (including phenoxy) is 1. The summed E-state index contributed by atoms with van der Waals surface area (Å²) in [6.07, 6.45) is 16.9. The van der Waals surface area contributed by atoms with Crippen LogP contribution in [-0.4, -0.2) is 94.6 Å². The van der Waals surface area contributed by atoms with Gasteiger partial charge in [-0.3, -0.25) is 0 Å². The third-order valence-corrected chi connectivity index (χ3v) is 32.8. The van der Waals surface area contributed by atoms with E-state index in [1.165, 1.54) is 56.7 Å². The highest BCUT2D eigenvalue weighted by Gasteiger charge is 2.43. The van der Waals surface area contributed by atoms with Crippen molar-refractivity contribution in [2.75, 3.05) is 59.7 Å². The summed E-state index contributed by atoms with van der Waals surface area (Å²) in [5, 5.41) is 31.9. The van der Waals surface area contributed by atoms with Crippen LogP contribution in [0.25, 0.3) is 41.8 Å². The number of hydrogen-bond acceptors (Lipinski definition) is 9. The smallest absolute Gasteiger partial charge is 0.197 e. The van der Waals surface area contributed by atoms with Gasteiger partial charge in [0.25, 0.3) is 0 Å². The van der Waals surface area contributed by atoms with Crippen LogP contribution in [-0.2, 0) is 8.85 Å². The van der Waals surface area contributed by atoms with Crippen molar-refractivity contribution >= 4 is 29.9 Å². The summed E-state index contributed by atoms with van der Waals surface area (Å²) >= 11 is 0. The minimum atomic E-state index is -1.64. The molecule has 17 nitrogen and oxygen atoms in total. The SMILES string of the molecule is CCCC[Si](OCCCCCN=[N+]=[N-])(C(C)C)C(C)C.CCCC[Si](OCCCCN=[N+]=[N-])(C(C)C)C(C)C.CCCC[Si](c1ccc(OC)cc1)(C(C)C)C(C)C.[N-]=[N+]=NCCCCCO.[N-]=[N+]=NCCCCO. The minimum Gasteiger partial charge on any atom is -0.497 e. The Morgan fingerprint density at radius 3 is 1.04 bits per heavy atom. The minimum absolute atomic E-state index is 0.181. The molecule has 0 aliphatic carbocycles. The molecule has 0 radical (unpaired) electrons. The lowest BCUT2D eigenvalue weighted by molar-refractivity contribution is 0.273. The normalized spacial score (nSPS) is 11.2. The molecule has 436 valence electrons. The lowest BCUT2D eigenvalue weighted by atomic mass is 10.2. The average Bonchev–Trinajstić information content (AvgIpc) is 3.38.